The Balaban J connectivity index is 1.61. The molecule has 136 valence electrons. The van der Waals surface area contributed by atoms with Gasteiger partial charge in [0.25, 0.3) is 0 Å². The molecule has 0 amide bonds. The fourth-order valence-electron chi connectivity index (χ4n) is 2.68. The van der Waals surface area contributed by atoms with E-state index in [2.05, 4.69) is 30.5 Å². The molecule has 4 heterocycles. The molecule has 26 heavy (non-hydrogen) atoms. The Labute approximate surface area is 150 Å². The Morgan fingerprint density at radius 3 is 2.92 bits per heavy atom. The smallest absolute Gasteiger partial charge is 0.177 e. The van der Waals surface area contributed by atoms with Crippen molar-refractivity contribution in [1.29, 1.82) is 0 Å². The van der Waals surface area contributed by atoms with Crippen molar-refractivity contribution in [2.75, 3.05) is 12.0 Å². The van der Waals surface area contributed by atoms with E-state index in [0.29, 0.717) is 17.0 Å². The number of thiazole rings is 1. The summed E-state index contributed by atoms with van der Waals surface area (Å²) in [5.41, 5.74) is 5.32. The van der Waals surface area contributed by atoms with E-state index < -0.39 is 31.1 Å². The van der Waals surface area contributed by atoms with E-state index in [0.717, 1.165) is 4.88 Å². The second kappa shape index (κ2) is 7.01. The van der Waals surface area contributed by atoms with Crippen molar-refractivity contribution in [2.24, 2.45) is 5.10 Å². The monoisotopic (exact) mass is 377 g/mol. The third-order valence-corrected chi connectivity index (χ3v) is 4.67. The van der Waals surface area contributed by atoms with E-state index in [-0.39, 0.29) is 0 Å². The van der Waals surface area contributed by atoms with Crippen LogP contribution in [0.2, 0.25) is 0 Å². The molecule has 1 fully saturated rings. The molecule has 3 aromatic heterocycles. The first-order valence-corrected chi connectivity index (χ1v) is 8.54. The molecule has 4 rings (SSSR count). The second-order valence-corrected chi connectivity index (χ2v) is 6.47. The van der Waals surface area contributed by atoms with Crippen molar-refractivity contribution in [1.82, 2.24) is 24.5 Å². The molecular weight excluding hydrogens is 362 g/mol. The lowest BCUT2D eigenvalue weighted by Crippen LogP contribution is -2.33. The number of hydrogen-bond acceptors (Lipinski definition) is 11. The molecule has 3 aromatic rings. The molecule has 0 bridgehead atoms. The van der Waals surface area contributed by atoms with Crippen LogP contribution in [0.3, 0.4) is 0 Å². The molecule has 0 aromatic carbocycles. The molecular formula is C14H15N7O4S. The average Bonchev–Trinajstić information content (AvgIpc) is 3.37. The summed E-state index contributed by atoms with van der Waals surface area (Å²) in [6.07, 6.45) is 1.82. The fraction of sp³-hybridized carbons (Fsp3) is 0.357. The van der Waals surface area contributed by atoms with E-state index in [1.165, 1.54) is 28.6 Å². The number of aliphatic hydroxyl groups is 3. The standard InChI is InChI=1S/C14H15N7O4S/c22-3-8-10(23)11(24)14(25-8)21-5-18-9-12(16-4-17-13(9)21)20-19-2-7-1-15-6-26-7/h1-2,4-6,8,10-11,14,22-24H,3H2,(H,16,17,20)/b19-2+. The van der Waals surface area contributed by atoms with Crippen LogP contribution in [0.5, 0.6) is 0 Å². The van der Waals surface area contributed by atoms with Crippen LogP contribution in [0.1, 0.15) is 11.1 Å². The van der Waals surface area contributed by atoms with Crippen molar-refractivity contribution < 1.29 is 20.1 Å². The zero-order valence-electron chi connectivity index (χ0n) is 13.2. The summed E-state index contributed by atoms with van der Waals surface area (Å²) in [5.74, 6) is 0.376. The van der Waals surface area contributed by atoms with Gasteiger partial charge in [-0.3, -0.25) is 15.0 Å². The van der Waals surface area contributed by atoms with E-state index in [4.69, 9.17) is 4.74 Å². The third-order valence-electron chi connectivity index (χ3n) is 3.96. The van der Waals surface area contributed by atoms with Gasteiger partial charge in [0.15, 0.2) is 23.2 Å². The predicted molar refractivity (Wildman–Crippen MR) is 91.7 cm³/mol. The van der Waals surface area contributed by atoms with Gasteiger partial charge < -0.3 is 20.1 Å². The summed E-state index contributed by atoms with van der Waals surface area (Å²) in [4.78, 5) is 17.4. The van der Waals surface area contributed by atoms with Gasteiger partial charge in [-0.1, -0.05) is 0 Å². The average molecular weight is 377 g/mol. The first-order chi connectivity index (χ1) is 12.7. The molecule has 1 aliphatic rings. The molecule has 4 atom stereocenters. The lowest BCUT2D eigenvalue weighted by Gasteiger charge is -2.16. The quantitative estimate of drug-likeness (QED) is 0.335. The number of hydrogen-bond donors (Lipinski definition) is 4. The molecule has 1 aliphatic heterocycles. The number of nitrogens with zero attached hydrogens (tertiary/aromatic N) is 6. The number of nitrogens with one attached hydrogen (secondary N) is 1. The van der Waals surface area contributed by atoms with Gasteiger partial charge in [-0.15, -0.1) is 11.3 Å². The van der Waals surface area contributed by atoms with Gasteiger partial charge in [-0.05, 0) is 0 Å². The Kier molecular flexibility index (Phi) is 4.57. The fourth-order valence-corrected chi connectivity index (χ4v) is 3.15. The first kappa shape index (κ1) is 16.9. The van der Waals surface area contributed by atoms with Gasteiger partial charge in [-0.2, -0.15) is 5.10 Å². The van der Waals surface area contributed by atoms with Crippen molar-refractivity contribution in [3.8, 4) is 0 Å². The number of hydrazone groups is 1. The summed E-state index contributed by atoms with van der Waals surface area (Å²) >= 11 is 1.44. The highest BCUT2D eigenvalue weighted by Gasteiger charge is 2.44. The second-order valence-electron chi connectivity index (χ2n) is 5.55. The number of imidazole rings is 1. The summed E-state index contributed by atoms with van der Waals surface area (Å²) < 4.78 is 7.00. The normalized spacial score (nSPS) is 26.1. The van der Waals surface area contributed by atoms with Gasteiger partial charge in [0, 0.05) is 6.20 Å². The van der Waals surface area contributed by atoms with E-state index in [1.807, 2.05) is 0 Å². The SMILES string of the molecule is OCC1OC(n2cnc3c(N/N=C/c4cncs4)ncnc32)C(O)C1O. The Morgan fingerprint density at radius 2 is 2.19 bits per heavy atom. The number of aromatic nitrogens is 5. The molecule has 1 saturated heterocycles. The molecule has 0 saturated carbocycles. The summed E-state index contributed by atoms with van der Waals surface area (Å²) in [6.45, 7) is -0.407. The van der Waals surface area contributed by atoms with Crippen molar-refractivity contribution in [3.63, 3.8) is 0 Å². The molecule has 0 aliphatic carbocycles. The van der Waals surface area contributed by atoms with Gasteiger partial charge in [0.05, 0.1) is 29.5 Å². The zero-order valence-corrected chi connectivity index (χ0v) is 14.1. The molecule has 4 unspecified atom stereocenters. The lowest BCUT2D eigenvalue weighted by molar-refractivity contribution is -0.0511. The van der Waals surface area contributed by atoms with Crippen LogP contribution in [0, 0.1) is 0 Å². The number of aliphatic hydroxyl groups excluding tert-OH is 3. The van der Waals surface area contributed by atoms with Gasteiger partial charge in [0.1, 0.15) is 24.6 Å². The molecule has 11 nitrogen and oxygen atoms in total. The Morgan fingerprint density at radius 1 is 1.31 bits per heavy atom. The largest absolute Gasteiger partial charge is 0.394 e. The minimum atomic E-state index is -1.22. The maximum Gasteiger partial charge on any atom is 0.177 e. The van der Waals surface area contributed by atoms with E-state index in [1.54, 1.807) is 17.9 Å². The van der Waals surface area contributed by atoms with Crippen molar-refractivity contribution in [3.05, 3.63) is 29.2 Å². The zero-order chi connectivity index (χ0) is 18.1. The summed E-state index contributed by atoms with van der Waals surface area (Å²) in [6, 6.07) is 0. The molecule has 0 radical (unpaired) electrons. The highest BCUT2D eigenvalue weighted by Crippen LogP contribution is 2.32. The lowest BCUT2D eigenvalue weighted by atomic mass is 10.1. The third kappa shape index (κ3) is 2.93. The number of anilines is 1. The van der Waals surface area contributed by atoms with Crippen LogP contribution in [-0.4, -0.2) is 71.0 Å². The van der Waals surface area contributed by atoms with Crippen LogP contribution in [0.4, 0.5) is 5.82 Å². The number of ether oxygens (including phenoxy) is 1. The van der Waals surface area contributed by atoms with Crippen LogP contribution < -0.4 is 5.43 Å². The highest BCUT2D eigenvalue weighted by molar-refractivity contribution is 7.11. The van der Waals surface area contributed by atoms with Crippen molar-refractivity contribution >= 4 is 34.5 Å². The summed E-state index contributed by atoms with van der Waals surface area (Å²) in [7, 11) is 0. The number of fused-ring (bicyclic) bond motifs is 1. The highest BCUT2D eigenvalue weighted by atomic mass is 32.1. The number of rotatable bonds is 5. The van der Waals surface area contributed by atoms with Crippen LogP contribution in [-0.2, 0) is 4.74 Å². The Bertz CT molecular complexity index is 915. The van der Waals surface area contributed by atoms with Gasteiger partial charge >= 0.3 is 0 Å². The van der Waals surface area contributed by atoms with E-state index >= 15 is 0 Å². The Hall–Kier alpha value is -2.51. The van der Waals surface area contributed by atoms with E-state index in [9.17, 15) is 15.3 Å². The molecule has 12 heteroatoms. The van der Waals surface area contributed by atoms with Crippen molar-refractivity contribution in [2.45, 2.75) is 24.5 Å². The first-order valence-electron chi connectivity index (χ1n) is 7.66. The predicted octanol–water partition coefficient (Wildman–Crippen LogP) is -0.660. The van der Waals surface area contributed by atoms with Crippen LogP contribution in [0.15, 0.2) is 29.5 Å². The summed E-state index contributed by atoms with van der Waals surface area (Å²) in [5, 5.41) is 33.4. The topological polar surface area (TPSA) is 151 Å². The minimum absolute atomic E-state index is 0.376. The van der Waals surface area contributed by atoms with Crippen LogP contribution in [0.25, 0.3) is 11.2 Å². The maximum atomic E-state index is 10.2. The maximum absolute atomic E-state index is 10.2. The van der Waals surface area contributed by atoms with Gasteiger partial charge in [-0.25, -0.2) is 15.0 Å². The van der Waals surface area contributed by atoms with Gasteiger partial charge in [0.2, 0.25) is 0 Å². The minimum Gasteiger partial charge on any atom is -0.394 e. The molecule has 0 spiro atoms. The van der Waals surface area contributed by atoms with Crippen LogP contribution >= 0.6 is 11.3 Å². The molecule has 4 N–H and O–H groups in total.